The first-order valence-corrected chi connectivity index (χ1v) is 7.50. The first-order valence-electron chi connectivity index (χ1n) is 7.50. The van der Waals surface area contributed by atoms with Crippen molar-refractivity contribution in [2.24, 2.45) is 0 Å². The smallest absolute Gasteiger partial charge is 0.153 e. The van der Waals surface area contributed by atoms with Gasteiger partial charge in [-0.3, -0.25) is 0 Å². The van der Waals surface area contributed by atoms with E-state index in [4.69, 9.17) is 0 Å². The zero-order valence-electron chi connectivity index (χ0n) is 13.0. The zero-order valence-corrected chi connectivity index (χ0v) is 13.0. The minimum absolute atomic E-state index is 0.147. The second-order valence-electron chi connectivity index (χ2n) is 5.36. The molecule has 114 valence electrons. The van der Waals surface area contributed by atoms with Gasteiger partial charge in [0.2, 0.25) is 0 Å². The van der Waals surface area contributed by atoms with Crippen LogP contribution < -0.4 is 5.32 Å². The van der Waals surface area contributed by atoms with Crippen molar-refractivity contribution in [1.29, 1.82) is 0 Å². The van der Waals surface area contributed by atoms with E-state index in [0.29, 0.717) is 6.54 Å². The molecule has 0 radical (unpaired) electrons. The average Bonchev–Trinajstić information content (AvgIpc) is 2.88. The van der Waals surface area contributed by atoms with Crippen LogP contribution >= 0.6 is 0 Å². The molecule has 0 fully saturated rings. The quantitative estimate of drug-likeness (QED) is 0.821. The number of nitrogens with one attached hydrogen (secondary N) is 1. The predicted octanol–water partition coefficient (Wildman–Crippen LogP) is 2.39. The Morgan fingerprint density at radius 3 is 2.86 bits per heavy atom. The second kappa shape index (κ2) is 7.33. The van der Waals surface area contributed by atoms with Gasteiger partial charge in [0.15, 0.2) is 5.82 Å². The van der Waals surface area contributed by atoms with E-state index in [-0.39, 0.29) is 12.1 Å². The van der Waals surface area contributed by atoms with Gasteiger partial charge in [0.1, 0.15) is 0 Å². The summed E-state index contributed by atoms with van der Waals surface area (Å²) in [6.45, 7) is 6.81. The van der Waals surface area contributed by atoms with E-state index >= 15 is 0 Å². The molecule has 21 heavy (non-hydrogen) atoms. The third-order valence-corrected chi connectivity index (χ3v) is 3.66. The summed E-state index contributed by atoms with van der Waals surface area (Å²) in [6.07, 6.45) is 5.16. The highest BCUT2D eigenvalue weighted by atomic mass is 16.3. The van der Waals surface area contributed by atoms with Crippen molar-refractivity contribution in [3.8, 4) is 5.82 Å². The van der Waals surface area contributed by atoms with E-state index in [0.717, 1.165) is 29.9 Å². The summed E-state index contributed by atoms with van der Waals surface area (Å²) < 4.78 is 1.84. The van der Waals surface area contributed by atoms with Gasteiger partial charge in [-0.1, -0.05) is 19.4 Å². The van der Waals surface area contributed by atoms with Crippen molar-refractivity contribution < 1.29 is 5.11 Å². The van der Waals surface area contributed by atoms with Crippen LogP contribution in [0, 0.1) is 6.92 Å². The van der Waals surface area contributed by atoms with Crippen LogP contribution in [0.3, 0.4) is 0 Å². The maximum absolute atomic E-state index is 9.80. The third-order valence-electron chi connectivity index (χ3n) is 3.66. The van der Waals surface area contributed by atoms with Gasteiger partial charge in [0.25, 0.3) is 0 Å². The maximum Gasteiger partial charge on any atom is 0.153 e. The molecular formula is C16H24N4O. The summed E-state index contributed by atoms with van der Waals surface area (Å²) >= 11 is 0. The molecule has 0 aromatic carbocycles. The van der Waals surface area contributed by atoms with Crippen LogP contribution in [0.4, 0.5) is 0 Å². The molecule has 0 bridgehead atoms. The summed E-state index contributed by atoms with van der Waals surface area (Å²) in [5.41, 5.74) is 2.20. The SMILES string of the molecule is CCCC(O)CNC(C)c1cnn(-c2ccccn2)c1C. The van der Waals surface area contributed by atoms with Crippen molar-refractivity contribution in [1.82, 2.24) is 20.1 Å². The van der Waals surface area contributed by atoms with Crippen LogP contribution in [0.2, 0.25) is 0 Å². The number of aliphatic hydroxyl groups excluding tert-OH is 1. The van der Waals surface area contributed by atoms with Crippen LogP contribution in [0.15, 0.2) is 30.6 Å². The topological polar surface area (TPSA) is 63.0 Å². The molecule has 2 heterocycles. The highest BCUT2D eigenvalue weighted by molar-refractivity contribution is 5.29. The van der Waals surface area contributed by atoms with Crippen molar-refractivity contribution in [3.05, 3.63) is 41.9 Å². The highest BCUT2D eigenvalue weighted by Crippen LogP contribution is 2.19. The first kappa shape index (κ1) is 15.7. The lowest BCUT2D eigenvalue weighted by molar-refractivity contribution is 0.157. The molecule has 0 saturated carbocycles. The number of rotatable bonds is 7. The summed E-state index contributed by atoms with van der Waals surface area (Å²) in [5, 5.41) is 17.6. The van der Waals surface area contributed by atoms with Crippen LogP contribution in [-0.4, -0.2) is 32.5 Å². The molecule has 2 unspecified atom stereocenters. The number of aliphatic hydroxyl groups is 1. The lowest BCUT2D eigenvalue weighted by atomic mass is 10.1. The molecule has 0 spiro atoms. The fraction of sp³-hybridized carbons (Fsp3) is 0.500. The first-order chi connectivity index (χ1) is 10.1. The summed E-state index contributed by atoms with van der Waals surface area (Å²) in [6, 6.07) is 5.93. The van der Waals surface area contributed by atoms with Crippen molar-refractivity contribution in [2.75, 3.05) is 6.54 Å². The fourth-order valence-electron chi connectivity index (χ4n) is 2.42. The van der Waals surface area contributed by atoms with Crippen molar-refractivity contribution >= 4 is 0 Å². The number of hydrogen-bond acceptors (Lipinski definition) is 4. The van der Waals surface area contributed by atoms with Crippen molar-refractivity contribution in [2.45, 2.75) is 45.8 Å². The minimum Gasteiger partial charge on any atom is -0.392 e. The Morgan fingerprint density at radius 2 is 2.19 bits per heavy atom. The van der Waals surface area contributed by atoms with Gasteiger partial charge in [-0.25, -0.2) is 9.67 Å². The Balaban J connectivity index is 2.06. The molecule has 5 nitrogen and oxygen atoms in total. The number of hydrogen-bond donors (Lipinski definition) is 2. The van der Waals surface area contributed by atoms with E-state index in [2.05, 4.69) is 29.2 Å². The summed E-state index contributed by atoms with van der Waals surface area (Å²) in [7, 11) is 0. The molecule has 2 aromatic heterocycles. The third kappa shape index (κ3) is 3.89. The molecule has 2 aromatic rings. The van der Waals surface area contributed by atoms with E-state index in [1.54, 1.807) is 6.20 Å². The lowest BCUT2D eigenvalue weighted by Crippen LogP contribution is -2.29. The van der Waals surface area contributed by atoms with Gasteiger partial charge in [0, 0.05) is 30.0 Å². The van der Waals surface area contributed by atoms with Crippen LogP contribution in [0.5, 0.6) is 0 Å². The van der Waals surface area contributed by atoms with E-state index < -0.39 is 0 Å². The monoisotopic (exact) mass is 288 g/mol. The Labute approximate surface area is 126 Å². The largest absolute Gasteiger partial charge is 0.392 e. The molecule has 2 rings (SSSR count). The molecule has 5 heteroatoms. The van der Waals surface area contributed by atoms with Crippen LogP contribution in [-0.2, 0) is 0 Å². The molecule has 0 aliphatic heterocycles. The highest BCUT2D eigenvalue weighted by Gasteiger charge is 2.15. The van der Waals surface area contributed by atoms with E-state index in [1.165, 1.54) is 0 Å². The minimum atomic E-state index is -0.288. The molecular weight excluding hydrogens is 264 g/mol. The van der Waals surface area contributed by atoms with E-state index in [9.17, 15) is 5.11 Å². The van der Waals surface area contributed by atoms with Gasteiger partial charge >= 0.3 is 0 Å². The van der Waals surface area contributed by atoms with E-state index in [1.807, 2.05) is 36.0 Å². The molecule has 0 aliphatic carbocycles. The Hall–Kier alpha value is -1.72. The summed E-state index contributed by atoms with van der Waals surface area (Å²) in [4.78, 5) is 4.32. The Morgan fingerprint density at radius 1 is 1.38 bits per heavy atom. The molecule has 0 amide bonds. The zero-order chi connectivity index (χ0) is 15.2. The molecule has 2 N–H and O–H groups in total. The molecule has 2 atom stereocenters. The van der Waals surface area contributed by atoms with Gasteiger partial charge in [-0.05, 0) is 32.4 Å². The van der Waals surface area contributed by atoms with Gasteiger partial charge in [-0.15, -0.1) is 0 Å². The number of pyridine rings is 1. The number of aromatic nitrogens is 3. The fourth-order valence-corrected chi connectivity index (χ4v) is 2.42. The summed E-state index contributed by atoms with van der Waals surface area (Å²) in [5.74, 6) is 0.819. The standard InChI is InChI=1S/C16H24N4O/c1-4-7-14(21)10-18-12(2)15-11-19-20(13(15)3)16-8-5-6-9-17-16/h5-6,8-9,11-12,14,18,21H,4,7,10H2,1-3H3. The van der Waals surface area contributed by atoms with Gasteiger partial charge in [-0.2, -0.15) is 5.10 Å². The Bertz CT molecular complexity index is 553. The second-order valence-corrected chi connectivity index (χ2v) is 5.36. The van der Waals surface area contributed by atoms with Gasteiger partial charge < -0.3 is 10.4 Å². The normalized spacial score (nSPS) is 14.1. The number of nitrogens with zero attached hydrogens (tertiary/aromatic N) is 3. The molecule has 0 aliphatic rings. The predicted molar refractivity (Wildman–Crippen MR) is 83.4 cm³/mol. The lowest BCUT2D eigenvalue weighted by Gasteiger charge is -2.16. The van der Waals surface area contributed by atoms with Crippen molar-refractivity contribution in [3.63, 3.8) is 0 Å². The van der Waals surface area contributed by atoms with Crippen LogP contribution in [0.25, 0.3) is 5.82 Å². The average molecular weight is 288 g/mol. The van der Waals surface area contributed by atoms with Crippen LogP contribution in [0.1, 0.15) is 44.0 Å². The Kier molecular flexibility index (Phi) is 5.47. The maximum atomic E-state index is 9.80. The molecule has 0 saturated heterocycles. The van der Waals surface area contributed by atoms with Gasteiger partial charge in [0.05, 0.1) is 12.3 Å².